The Morgan fingerprint density at radius 3 is 2.52 bits per heavy atom. The molecule has 0 bridgehead atoms. The zero-order valence-electron chi connectivity index (χ0n) is 12.4. The highest BCUT2D eigenvalue weighted by atomic mass is 127. The number of nitrogens with one attached hydrogen (secondary N) is 2. The Hall–Kier alpha value is -1.50. The van der Waals surface area contributed by atoms with Gasteiger partial charge in [-0.2, -0.15) is 0 Å². The summed E-state index contributed by atoms with van der Waals surface area (Å²) in [5, 5.41) is 6.47. The zero-order valence-corrected chi connectivity index (χ0v) is 14.8. The van der Waals surface area contributed by atoms with E-state index in [9.17, 15) is 0 Å². The van der Waals surface area contributed by atoms with Crippen LogP contribution in [0.3, 0.4) is 0 Å². The van der Waals surface area contributed by atoms with Crippen molar-refractivity contribution in [3.63, 3.8) is 0 Å². The summed E-state index contributed by atoms with van der Waals surface area (Å²) in [6, 6.07) is 12.2. The first-order valence-corrected chi connectivity index (χ1v) is 6.88. The van der Waals surface area contributed by atoms with Crippen LogP contribution in [0, 0.1) is 6.92 Å². The molecule has 21 heavy (non-hydrogen) atoms. The SMILES string of the molecule is CCNC(=NCc1ccc(C)cc1)NCc1ccco1.I. The maximum absolute atomic E-state index is 5.29. The molecule has 0 spiro atoms. The molecule has 0 aliphatic carbocycles. The van der Waals surface area contributed by atoms with Gasteiger partial charge < -0.3 is 15.1 Å². The highest BCUT2D eigenvalue weighted by Crippen LogP contribution is 2.04. The molecular weight excluding hydrogens is 377 g/mol. The van der Waals surface area contributed by atoms with Crippen molar-refractivity contribution in [1.82, 2.24) is 10.6 Å². The Bertz CT molecular complexity index is 535. The van der Waals surface area contributed by atoms with Crippen molar-refractivity contribution in [1.29, 1.82) is 0 Å². The fourth-order valence-corrected chi connectivity index (χ4v) is 1.79. The number of aryl methyl sites for hydroxylation is 1. The molecule has 0 amide bonds. The van der Waals surface area contributed by atoms with Gasteiger partial charge in [0.25, 0.3) is 0 Å². The van der Waals surface area contributed by atoms with Crippen LogP contribution in [0.25, 0.3) is 0 Å². The summed E-state index contributed by atoms with van der Waals surface area (Å²) in [5.74, 6) is 1.69. The van der Waals surface area contributed by atoms with E-state index in [1.54, 1.807) is 6.26 Å². The van der Waals surface area contributed by atoms with Crippen LogP contribution in [0.5, 0.6) is 0 Å². The van der Waals surface area contributed by atoms with E-state index in [-0.39, 0.29) is 24.0 Å². The predicted molar refractivity (Wildman–Crippen MR) is 97.0 cm³/mol. The number of guanidine groups is 1. The summed E-state index contributed by atoms with van der Waals surface area (Å²) in [4.78, 5) is 4.57. The lowest BCUT2D eigenvalue weighted by Crippen LogP contribution is -2.36. The highest BCUT2D eigenvalue weighted by molar-refractivity contribution is 14.0. The lowest BCUT2D eigenvalue weighted by molar-refractivity contribution is 0.501. The van der Waals surface area contributed by atoms with E-state index in [2.05, 4.69) is 53.7 Å². The number of halogens is 1. The van der Waals surface area contributed by atoms with Gasteiger partial charge in [-0.3, -0.25) is 0 Å². The largest absolute Gasteiger partial charge is 0.467 e. The lowest BCUT2D eigenvalue weighted by atomic mass is 10.1. The van der Waals surface area contributed by atoms with Crippen LogP contribution in [0.15, 0.2) is 52.1 Å². The van der Waals surface area contributed by atoms with Gasteiger partial charge in [-0.25, -0.2) is 4.99 Å². The number of furan rings is 1. The average molecular weight is 399 g/mol. The van der Waals surface area contributed by atoms with E-state index in [1.165, 1.54) is 11.1 Å². The molecule has 0 saturated carbocycles. The minimum absolute atomic E-state index is 0. The molecule has 0 aliphatic rings. The van der Waals surface area contributed by atoms with Gasteiger partial charge in [0.1, 0.15) is 5.76 Å². The first-order chi connectivity index (χ1) is 9.78. The fourth-order valence-electron chi connectivity index (χ4n) is 1.79. The number of nitrogens with zero attached hydrogens (tertiary/aromatic N) is 1. The summed E-state index contributed by atoms with van der Waals surface area (Å²) in [6.45, 7) is 6.26. The van der Waals surface area contributed by atoms with E-state index in [1.807, 2.05) is 12.1 Å². The molecule has 0 aliphatic heterocycles. The Morgan fingerprint density at radius 1 is 1.14 bits per heavy atom. The molecule has 1 aromatic heterocycles. The van der Waals surface area contributed by atoms with Gasteiger partial charge in [0, 0.05) is 6.54 Å². The van der Waals surface area contributed by atoms with Crippen molar-refractivity contribution in [2.45, 2.75) is 26.9 Å². The third-order valence-corrected chi connectivity index (χ3v) is 2.89. The molecule has 0 radical (unpaired) electrons. The predicted octanol–water partition coefficient (Wildman–Crippen LogP) is 3.46. The van der Waals surface area contributed by atoms with E-state index in [4.69, 9.17) is 4.42 Å². The molecule has 0 atom stereocenters. The summed E-state index contributed by atoms with van der Waals surface area (Å²) >= 11 is 0. The number of rotatable bonds is 5. The van der Waals surface area contributed by atoms with Crippen LogP contribution in [-0.2, 0) is 13.1 Å². The zero-order chi connectivity index (χ0) is 14.2. The van der Waals surface area contributed by atoms with E-state index >= 15 is 0 Å². The quantitative estimate of drug-likeness (QED) is 0.460. The fraction of sp³-hybridized carbons (Fsp3) is 0.312. The molecule has 0 unspecified atom stereocenters. The Kier molecular flexibility index (Phi) is 7.89. The second-order valence-electron chi connectivity index (χ2n) is 4.61. The third kappa shape index (κ3) is 6.20. The molecule has 0 fully saturated rings. The smallest absolute Gasteiger partial charge is 0.191 e. The van der Waals surface area contributed by atoms with E-state index in [0.29, 0.717) is 13.1 Å². The molecule has 5 heteroatoms. The Labute approximate surface area is 143 Å². The molecule has 2 aromatic rings. The summed E-state index contributed by atoms with van der Waals surface area (Å²) in [7, 11) is 0. The van der Waals surface area contributed by atoms with Gasteiger partial charge in [-0.05, 0) is 31.5 Å². The topological polar surface area (TPSA) is 49.6 Å². The van der Waals surface area contributed by atoms with E-state index < -0.39 is 0 Å². The molecule has 114 valence electrons. The number of benzene rings is 1. The van der Waals surface area contributed by atoms with Crippen LogP contribution < -0.4 is 10.6 Å². The molecule has 0 saturated heterocycles. The molecule has 4 nitrogen and oxygen atoms in total. The molecule has 1 aromatic carbocycles. The van der Waals surface area contributed by atoms with Crippen molar-refractivity contribution in [2.24, 2.45) is 4.99 Å². The van der Waals surface area contributed by atoms with Crippen molar-refractivity contribution >= 4 is 29.9 Å². The lowest BCUT2D eigenvalue weighted by Gasteiger charge is -2.10. The van der Waals surface area contributed by atoms with Gasteiger partial charge in [0.2, 0.25) is 0 Å². The van der Waals surface area contributed by atoms with Gasteiger partial charge in [0.05, 0.1) is 19.4 Å². The molecule has 2 N–H and O–H groups in total. The van der Waals surface area contributed by atoms with Crippen molar-refractivity contribution in [2.75, 3.05) is 6.54 Å². The van der Waals surface area contributed by atoms with Crippen molar-refractivity contribution in [3.05, 3.63) is 59.5 Å². The Morgan fingerprint density at radius 2 is 1.90 bits per heavy atom. The van der Waals surface area contributed by atoms with Crippen molar-refractivity contribution < 1.29 is 4.42 Å². The first-order valence-electron chi connectivity index (χ1n) is 6.88. The Balaban J connectivity index is 0.00000220. The van der Waals surface area contributed by atoms with Crippen LogP contribution in [0.4, 0.5) is 0 Å². The van der Waals surface area contributed by atoms with Gasteiger partial charge in [0.15, 0.2) is 5.96 Å². The third-order valence-electron chi connectivity index (χ3n) is 2.89. The van der Waals surface area contributed by atoms with Crippen LogP contribution in [0.1, 0.15) is 23.8 Å². The van der Waals surface area contributed by atoms with Gasteiger partial charge >= 0.3 is 0 Å². The number of hydrogen-bond donors (Lipinski definition) is 2. The second kappa shape index (κ2) is 9.44. The van der Waals surface area contributed by atoms with Gasteiger partial charge in [-0.15, -0.1) is 24.0 Å². The minimum Gasteiger partial charge on any atom is -0.467 e. The highest BCUT2D eigenvalue weighted by Gasteiger charge is 2.00. The summed E-state index contributed by atoms with van der Waals surface area (Å²) in [6.07, 6.45) is 1.67. The maximum Gasteiger partial charge on any atom is 0.191 e. The molecule has 2 rings (SSSR count). The maximum atomic E-state index is 5.29. The van der Waals surface area contributed by atoms with Crippen LogP contribution in [0.2, 0.25) is 0 Å². The van der Waals surface area contributed by atoms with Crippen LogP contribution >= 0.6 is 24.0 Å². The van der Waals surface area contributed by atoms with Crippen LogP contribution in [-0.4, -0.2) is 12.5 Å². The standard InChI is InChI=1S/C16H21N3O.HI/c1-3-17-16(19-12-15-5-4-10-20-15)18-11-14-8-6-13(2)7-9-14;/h4-10H,3,11-12H2,1-2H3,(H2,17,18,19);1H. The second-order valence-corrected chi connectivity index (χ2v) is 4.61. The monoisotopic (exact) mass is 399 g/mol. The van der Waals surface area contributed by atoms with Crippen molar-refractivity contribution in [3.8, 4) is 0 Å². The summed E-state index contributed by atoms with van der Waals surface area (Å²) in [5.41, 5.74) is 2.46. The minimum atomic E-state index is 0. The number of aliphatic imine (C=N–C) groups is 1. The normalized spacial score (nSPS) is 10.9. The summed E-state index contributed by atoms with van der Waals surface area (Å²) < 4.78 is 5.29. The molecule has 1 heterocycles. The number of hydrogen-bond acceptors (Lipinski definition) is 2. The molecular formula is C16H22IN3O. The van der Waals surface area contributed by atoms with Gasteiger partial charge in [-0.1, -0.05) is 29.8 Å². The van der Waals surface area contributed by atoms with E-state index in [0.717, 1.165) is 18.3 Å². The average Bonchev–Trinajstić information content (AvgIpc) is 2.97. The first kappa shape index (κ1) is 17.6.